The predicted octanol–water partition coefficient (Wildman–Crippen LogP) is 4.56. The fraction of sp³-hybridized carbons (Fsp3) is 0.571. The second-order valence-corrected chi connectivity index (χ2v) is 5.24. The number of halogens is 2. The van der Waals surface area contributed by atoms with E-state index >= 15 is 0 Å². The van der Waals surface area contributed by atoms with Crippen LogP contribution in [-0.2, 0) is 0 Å². The van der Waals surface area contributed by atoms with Crippen molar-refractivity contribution in [3.8, 4) is 11.5 Å². The molecule has 5 heteroatoms. The molecule has 0 radical (unpaired) electrons. The summed E-state index contributed by atoms with van der Waals surface area (Å²) in [6.45, 7) is 4.59. The van der Waals surface area contributed by atoms with Crippen LogP contribution >= 0.6 is 28.3 Å². The first kappa shape index (κ1) is 18.6. The summed E-state index contributed by atoms with van der Waals surface area (Å²) in [5, 5.41) is 9.84. The van der Waals surface area contributed by atoms with Gasteiger partial charge in [-0.05, 0) is 47.0 Å². The van der Waals surface area contributed by atoms with Gasteiger partial charge in [0, 0.05) is 6.04 Å². The molecule has 0 fully saturated rings. The van der Waals surface area contributed by atoms with Crippen LogP contribution in [0.1, 0.15) is 51.1 Å². The van der Waals surface area contributed by atoms with Crippen molar-refractivity contribution in [1.29, 1.82) is 0 Å². The van der Waals surface area contributed by atoms with Crippen LogP contribution in [-0.4, -0.2) is 11.7 Å². The molecule has 0 aromatic heterocycles. The number of phenolic OH excluding ortho intramolecular Hbond substituents is 1. The fourth-order valence-corrected chi connectivity index (χ4v) is 2.31. The molecule has 19 heavy (non-hydrogen) atoms. The Kier molecular flexibility index (Phi) is 9.23. The zero-order valence-corrected chi connectivity index (χ0v) is 13.9. The molecule has 0 unspecified atom stereocenters. The van der Waals surface area contributed by atoms with Crippen LogP contribution in [0.3, 0.4) is 0 Å². The van der Waals surface area contributed by atoms with Crippen molar-refractivity contribution in [3.05, 3.63) is 22.2 Å². The Bertz CT molecular complexity index is 388. The van der Waals surface area contributed by atoms with Crippen molar-refractivity contribution in [2.24, 2.45) is 5.73 Å². The van der Waals surface area contributed by atoms with Gasteiger partial charge in [-0.25, -0.2) is 0 Å². The molecule has 1 aromatic carbocycles. The van der Waals surface area contributed by atoms with E-state index in [0.29, 0.717) is 16.8 Å². The molecule has 3 nitrogen and oxygen atoms in total. The van der Waals surface area contributed by atoms with Gasteiger partial charge in [0.15, 0.2) is 11.5 Å². The molecule has 110 valence electrons. The third kappa shape index (κ3) is 5.59. The van der Waals surface area contributed by atoms with Crippen LogP contribution in [0.5, 0.6) is 11.5 Å². The molecule has 0 bridgehead atoms. The molecule has 0 spiro atoms. The quantitative estimate of drug-likeness (QED) is 0.707. The second kappa shape index (κ2) is 9.45. The molecule has 0 saturated heterocycles. The molecule has 3 N–H and O–H groups in total. The lowest BCUT2D eigenvalue weighted by atomic mass is 10.0. The van der Waals surface area contributed by atoms with Gasteiger partial charge in [0.1, 0.15) is 0 Å². The third-order valence-electron chi connectivity index (χ3n) is 2.90. The van der Waals surface area contributed by atoms with Gasteiger partial charge in [-0.2, -0.15) is 0 Å². The average molecular weight is 353 g/mol. The smallest absolute Gasteiger partial charge is 0.172 e. The molecule has 1 aromatic rings. The summed E-state index contributed by atoms with van der Waals surface area (Å²) in [5.74, 6) is 0.633. The topological polar surface area (TPSA) is 55.5 Å². The largest absolute Gasteiger partial charge is 0.503 e. The first-order valence-corrected chi connectivity index (χ1v) is 7.30. The normalized spacial score (nSPS) is 11.8. The van der Waals surface area contributed by atoms with Crippen LogP contribution in [0.25, 0.3) is 0 Å². The number of nitrogens with two attached hydrogens (primary N) is 1. The van der Waals surface area contributed by atoms with E-state index in [1.165, 1.54) is 12.8 Å². The number of phenols is 1. The van der Waals surface area contributed by atoms with Gasteiger partial charge in [-0.1, -0.05) is 26.2 Å². The first-order chi connectivity index (χ1) is 8.60. The van der Waals surface area contributed by atoms with E-state index in [-0.39, 0.29) is 24.2 Å². The lowest BCUT2D eigenvalue weighted by Crippen LogP contribution is -2.10. The highest BCUT2D eigenvalue weighted by atomic mass is 79.9. The molecule has 0 saturated carbocycles. The predicted molar refractivity (Wildman–Crippen MR) is 85.3 cm³/mol. The van der Waals surface area contributed by atoms with Gasteiger partial charge in [0.25, 0.3) is 0 Å². The summed E-state index contributed by atoms with van der Waals surface area (Å²) >= 11 is 3.33. The van der Waals surface area contributed by atoms with E-state index in [4.69, 9.17) is 10.5 Å². The highest BCUT2D eigenvalue weighted by Gasteiger charge is 2.13. The average Bonchev–Trinajstić information content (AvgIpc) is 2.35. The Hall–Kier alpha value is -0.450. The molecule has 0 heterocycles. The van der Waals surface area contributed by atoms with Gasteiger partial charge >= 0.3 is 0 Å². The highest BCUT2D eigenvalue weighted by Crippen LogP contribution is 2.37. The van der Waals surface area contributed by atoms with Crippen LogP contribution in [0.2, 0.25) is 0 Å². The molecule has 1 rings (SSSR count). The summed E-state index contributed by atoms with van der Waals surface area (Å²) in [5.41, 5.74) is 7.16. The maximum Gasteiger partial charge on any atom is 0.172 e. The number of aromatic hydroxyl groups is 1. The minimum atomic E-state index is -0.00680. The minimum absolute atomic E-state index is 0. The van der Waals surface area contributed by atoms with Gasteiger partial charge in [0.2, 0.25) is 0 Å². The molecule has 1 atom stereocenters. The van der Waals surface area contributed by atoms with Crippen molar-refractivity contribution in [2.75, 3.05) is 6.61 Å². The maximum absolute atomic E-state index is 9.84. The lowest BCUT2D eigenvalue weighted by Gasteiger charge is -2.15. The molecular formula is C14H23BrClNO2. The number of ether oxygens (including phenoxy) is 1. The van der Waals surface area contributed by atoms with Crippen molar-refractivity contribution in [3.63, 3.8) is 0 Å². The zero-order valence-electron chi connectivity index (χ0n) is 11.5. The molecule has 0 aliphatic heterocycles. The molecular weight excluding hydrogens is 330 g/mol. The van der Waals surface area contributed by atoms with E-state index in [1.54, 1.807) is 0 Å². The monoisotopic (exact) mass is 351 g/mol. The Morgan fingerprint density at radius 3 is 2.58 bits per heavy atom. The Morgan fingerprint density at radius 2 is 2.00 bits per heavy atom. The number of hydrogen-bond acceptors (Lipinski definition) is 3. The maximum atomic E-state index is 9.84. The van der Waals surface area contributed by atoms with Gasteiger partial charge in [-0.15, -0.1) is 12.4 Å². The van der Waals surface area contributed by atoms with E-state index < -0.39 is 0 Å². The SMILES string of the molecule is CCCCC[C@H](N)c1cc(Br)c(O)c(OCC)c1.Cl. The minimum Gasteiger partial charge on any atom is -0.503 e. The number of rotatable bonds is 7. The standard InChI is InChI=1S/C14H22BrNO2.ClH/c1-3-5-6-7-12(16)10-8-11(15)14(17)13(9-10)18-4-2;/h8-9,12,17H,3-7,16H2,1-2H3;1H/t12-;/m0./s1. The summed E-state index contributed by atoms with van der Waals surface area (Å²) < 4.78 is 6.03. The van der Waals surface area contributed by atoms with Gasteiger partial charge in [-0.3, -0.25) is 0 Å². The van der Waals surface area contributed by atoms with Crippen molar-refractivity contribution in [1.82, 2.24) is 0 Å². The third-order valence-corrected chi connectivity index (χ3v) is 3.50. The van der Waals surface area contributed by atoms with Crippen LogP contribution in [0.4, 0.5) is 0 Å². The number of unbranched alkanes of at least 4 members (excludes halogenated alkanes) is 2. The fourth-order valence-electron chi connectivity index (χ4n) is 1.85. The highest BCUT2D eigenvalue weighted by molar-refractivity contribution is 9.10. The van der Waals surface area contributed by atoms with E-state index in [0.717, 1.165) is 18.4 Å². The van der Waals surface area contributed by atoms with Crippen LogP contribution < -0.4 is 10.5 Å². The van der Waals surface area contributed by atoms with Crippen LogP contribution in [0.15, 0.2) is 16.6 Å². The summed E-state index contributed by atoms with van der Waals surface area (Å²) in [4.78, 5) is 0. The zero-order chi connectivity index (χ0) is 13.5. The molecule has 0 aliphatic carbocycles. The summed E-state index contributed by atoms with van der Waals surface area (Å²) in [6.07, 6.45) is 4.47. The van der Waals surface area contributed by atoms with Gasteiger partial charge < -0.3 is 15.6 Å². The van der Waals surface area contributed by atoms with Crippen molar-refractivity contribution < 1.29 is 9.84 Å². The summed E-state index contributed by atoms with van der Waals surface area (Å²) in [6, 6.07) is 3.70. The van der Waals surface area contributed by atoms with Crippen molar-refractivity contribution in [2.45, 2.75) is 45.6 Å². The first-order valence-electron chi connectivity index (χ1n) is 6.50. The van der Waals surface area contributed by atoms with E-state index in [2.05, 4.69) is 22.9 Å². The Labute approximate surface area is 130 Å². The number of benzene rings is 1. The van der Waals surface area contributed by atoms with Crippen LogP contribution in [0, 0.1) is 0 Å². The summed E-state index contributed by atoms with van der Waals surface area (Å²) in [7, 11) is 0. The Morgan fingerprint density at radius 1 is 1.32 bits per heavy atom. The number of hydrogen-bond donors (Lipinski definition) is 2. The van der Waals surface area contributed by atoms with Gasteiger partial charge in [0.05, 0.1) is 11.1 Å². The van der Waals surface area contributed by atoms with Crippen molar-refractivity contribution >= 4 is 28.3 Å². The molecule has 0 amide bonds. The Balaban J connectivity index is 0.00000324. The van der Waals surface area contributed by atoms with E-state index in [9.17, 15) is 5.11 Å². The lowest BCUT2D eigenvalue weighted by molar-refractivity contribution is 0.316. The molecule has 0 aliphatic rings. The second-order valence-electron chi connectivity index (χ2n) is 4.38. The van der Waals surface area contributed by atoms with E-state index in [1.807, 2.05) is 19.1 Å².